The quantitative estimate of drug-likeness (QED) is 0.509. The number of alkyl halides is 1. The summed E-state index contributed by atoms with van der Waals surface area (Å²) in [6, 6.07) is 0. The lowest BCUT2D eigenvalue weighted by molar-refractivity contribution is 0.387. The summed E-state index contributed by atoms with van der Waals surface area (Å²) in [7, 11) is 0. The van der Waals surface area contributed by atoms with Crippen LogP contribution in [-0.4, -0.2) is 17.3 Å². The van der Waals surface area contributed by atoms with Crippen molar-refractivity contribution in [3.63, 3.8) is 0 Å². The highest BCUT2D eigenvalue weighted by Crippen LogP contribution is 2.24. The summed E-state index contributed by atoms with van der Waals surface area (Å²) in [6.07, 6.45) is 4.85. The summed E-state index contributed by atoms with van der Waals surface area (Å²) in [4.78, 5) is 0. The first kappa shape index (κ1) is 10.8. The van der Waals surface area contributed by atoms with E-state index in [9.17, 15) is 0 Å². The van der Waals surface area contributed by atoms with Gasteiger partial charge in [0, 0.05) is 5.33 Å². The van der Waals surface area contributed by atoms with Gasteiger partial charge >= 0.3 is 0 Å². The van der Waals surface area contributed by atoms with Crippen LogP contribution in [0.15, 0.2) is 0 Å². The molecule has 2 heteroatoms. The Bertz CT molecular complexity index is 81.3. The van der Waals surface area contributed by atoms with Gasteiger partial charge in [-0.3, -0.25) is 0 Å². The van der Waals surface area contributed by atoms with Crippen LogP contribution >= 0.6 is 27.7 Å². The third-order valence-electron chi connectivity index (χ3n) is 1.56. The third kappa shape index (κ3) is 5.60. The summed E-state index contributed by atoms with van der Waals surface area (Å²) in [5, 5.41) is 1.12. The van der Waals surface area contributed by atoms with E-state index in [-0.39, 0.29) is 0 Å². The molecule has 0 spiro atoms. The molecule has 0 N–H and O–H groups in total. The van der Waals surface area contributed by atoms with Crippen molar-refractivity contribution >= 4 is 27.7 Å². The maximum atomic E-state index is 3.52. The van der Waals surface area contributed by atoms with Gasteiger partial charge in [-0.15, -0.1) is 0 Å². The van der Waals surface area contributed by atoms with Crippen molar-refractivity contribution in [1.82, 2.24) is 0 Å². The first-order valence-corrected chi connectivity index (χ1v) is 6.19. The molecule has 62 valence electrons. The van der Waals surface area contributed by atoms with Crippen LogP contribution in [0.3, 0.4) is 0 Å². The second-order valence-electron chi connectivity index (χ2n) is 3.39. The van der Waals surface area contributed by atoms with E-state index in [0.29, 0.717) is 5.41 Å². The van der Waals surface area contributed by atoms with Crippen molar-refractivity contribution in [2.45, 2.75) is 26.7 Å². The smallest absolute Gasteiger partial charge is 0.00826 e. The van der Waals surface area contributed by atoms with Gasteiger partial charge in [0.2, 0.25) is 0 Å². The van der Waals surface area contributed by atoms with Crippen LogP contribution in [0, 0.1) is 5.41 Å². The van der Waals surface area contributed by atoms with E-state index in [0.717, 1.165) is 5.33 Å². The standard InChI is InChI=1S/C8H17BrS/c1-8(2,7-9)5-4-6-10-3/h4-7H2,1-3H3. The van der Waals surface area contributed by atoms with Crippen molar-refractivity contribution in [2.24, 2.45) is 5.41 Å². The van der Waals surface area contributed by atoms with E-state index in [1.165, 1.54) is 18.6 Å². The van der Waals surface area contributed by atoms with Crippen LogP contribution in [0.1, 0.15) is 26.7 Å². The molecule has 0 aromatic carbocycles. The van der Waals surface area contributed by atoms with E-state index in [1.807, 2.05) is 11.8 Å². The Morgan fingerprint density at radius 1 is 1.40 bits per heavy atom. The van der Waals surface area contributed by atoms with Gasteiger partial charge in [-0.1, -0.05) is 29.8 Å². The summed E-state index contributed by atoms with van der Waals surface area (Å²) >= 11 is 5.45. The molecule has 0 heterocycles. The lowest BCUT2D eigenvalue weighted by atomic mass is 9.91. The third-order valence-corrected chi connectivity index (χ3v) is 3.78. The molecule has 0 saturated heterocycles. The molecule has 0 unspecified atom stereocenters. The lowest BCUT2D eigenvalue weighted by Crippen LogP contribution is -2.12. The zero-order valence-corrected chi connectivity index (χ0v) is 9.52. The highest BCUT2D eigenvalue weighted by atomic mass is 79.9. The number of hydrogen-bond acceptors (Lipinski definition) is 1. The zero-order chi connectivity index (χ0) is 8.04. The Hall–Kier alpha value is 0.830. The fraction of sp³-hybridized carbons (Fsp3) is 1.00. The minimum Gasteiger partial charge on any atom is -0.165 e. The Morgan fingerprint density at radius 3 is 2.40 bits per heavy atom. The number of rotatable bonds is 5. The van der Waals surface area contributed by atoms with E-state index in [2.05, 4.69) is 36.0 Å². The van der Waals surface area contributed by atoms with Gasteiger partial charge in [0.15, 0.2) is 0 Å². The molecule has 0 aliphatic carbocycles. The molecular weight excluding hydrogens is 208 g/mol. The molecule has 0 aliphatic heterocycles. The molecule has 0 nitrogen and oxygen atoms in total. The average Bonchev–Trinajstić information content (AvgIpc) is 1.89. The summed E-state index contributed by atoms with van der Waals surface area (Å²) < 4.78 is 0. The fourth-order valence-electron chi connectivity index (χ4n) is 0.762. The fourth-order valence-corrected chi connectivity index (χ4v) is 1.48. The minimum absolute atomic E-state index is 0.496. The molecule has 0 aromatic rings. The maximum absolute atomic E-state index is 3.52. The first-order chi connectivity index (χ1) is 4.62. The van der Waals surface area contributed by atoms with Crippen LogP contribution in [0.5, 0.6) is 0 Å². The van der Waals surface area contributed by atoms with Gasteiger partial charge in [0.1, 0.15) is 0 Å². The summed E-state index contributed by atoms with van der Waals surface area (Å²) in [5.74, 6) is 1.30. The van der Waals surface area contributed by atoms with Gasteiger partial charge in [-0.25, -0.2) is 0 Å². The molecule has 0 aliphatic rings. The average molecular weight is 225 g/mol. The van der Waals surface area contributed by atoms with Crippen LogP contribution in [-0.2, 0) is 0 Å². The Kier molecular flexibility index (Phi) is 5.93. The largest absolute Gasteiger partial charge is 0.165 e. The Balaban J connectivity index is 3.28. The number of thioether (sulfide) groups is 1. The predicted molar refractivity (Wildman–Crippen MR) is 55.2 cm³/mol. The molecule has 0 aromatic heterocycles. The van der Waals surface area contributed by atoms with Gasteiger partial charge in [0.25, 0.3) is 0 Å². The molecule has 0 amide bonds. The minimum atomic E-state index is 0.496. The second kappa shape index (κ2) is 5.48. The van der Waals surface area contributed by atoms with E-state index >= 15 is 0 Å². The lowest BCUT2D eigenvalue weighted by Gasteiger charge is -2.20. The van der Waals surface area contributed by atoms with Gasteiger partial charge in [0.05, 0.1) is 0 Å². The van der Waals surface area contributed by atoms with Crippen molar-refractivity contribution in [2.75, 3.05) is 17.3 Å². The van der Waals surface area contributed by atoms with Crippen molar-refractivity contribution in [3.05, 3.63) is 0 Å². The molecule has 0 fully saturated rings. The Labute approximate surface area is 77.3 Å². The van der Waals surface area contributed by atoms with Gasteiger partial charge in [-0.2, -0.15) is 11.8 Å². The van der Waals surface area contributed by atoms with E-state index in [4.69, 9.17) is 0 Å². The Morgan fingerprint density at radius 2 is 2.00 bits per heavy atom. The molecule has 0 rings (SSSR count). The zero-order valence-electron chi connectivity index (χ0n) is 7.11. The van der Waals surface area contributed by atoms with Crippen LogP contribution in [0.2, 0.25) is 0 Å². The molecule has 0 radical (unpaired) electrons. The molecule has 0 atom stereocenters. The highest BCUT2D eigenvalue weighted by molar-refractivity contribution is 9.09. The molecule has 0 saturated carbocycles. The second-order valence-corrected chi connectivity index (χ2v) is 4.94. The van der Waals surface area contributed by atoms with Crippen LogP contribution < -0.4 is 0 Å². The topological polar surface area (TPSA) is 0 Å². The van der Waals surface area contributed by atoms with E-state index in [1.54, 1.807) is 0 Å². The van der Waals surface area contributed by atoms with Crippen LogP contribution in [0.4, 0.5) is 0 Å². The number of hydrogen-bond donors (Lipinski definition) is 0. The summed E-state index contributed by atoms with van der Waals surface area (Å²) in [6.45, 7) is 4.62. The highest BCUT2D eigenvalue weighted by Gasteiger charge is 2.14. The molecular formula is C8H17BrS. The normalized spacial score (nSPS) is 12.0. The monoisotopic (exact) mass is 224 g/mol. The maximum Gasteiger partial charge on any atom is 0.00826 e. The van der Waals surface area contributed by atoms with Crippen LogP contribution in [0.25, 0.3) is 0 Å². The SMILES string of the molecule is CSCCCC(C)(C)CBr. The van der Waals surface area contributed by atoms with Crippen molar-refractivity contribution in [1.29, 1.82) is 0 Å². The van der Waals surface area contributed by atoms with E-state index < -0.39 is 0 Å². The predicted octanol–water partition coefficient (Wildman–Crippen LogP) is 3.55. The number of halogens is 1. The summed E-state index contributed by atoms with van der Waals surface area (Å²) in [5.41, 5.74) is 0.496. The van der Waals surface area contributed by atoms with Gasteiger partial charge < -0.3 is 0 Å². The van der Waals surface area contributed by atoms with Crippen molar-refractivity contribution < 1.29 is 0 Å². The first-order valence-electron chi connectivity index (χ1n) is 3.67. The van der Waals surface area contributed by atoms with Crippen molar-refractivity contribution in [3.8, 4) is 0 Å². The molecule has 10 heavy (non-hydrogen) atoms. The molecule has 0 bridgehead atoms. The van der Waals surface area contributed by atoms with Gasteiger partial charge in [-0.05, 0) is 30.3 Å².